The van der Waals surface area contributed by atoms with Gasteiger partial charge in [-0.15, -0.1) is 0 Å². The van der Waals surface area contributed by atoms with E-state index in [4.69, 9.17) is 14.5 Å². The summed E-state index contributed by atoms with van der Waals surface area (Å²) in [5.74, 6) is 0. The molecule has 1 aromatic carbocycles. The maximum absolute atomic E-state index is 6.22. The van der Waals surface area contributed by atoms with Gasteiger partial charge < -0.3 is 19.4 Å². The number of hydrogen-bond donors (Lipinski definition) is 1. The summed E-state index contributed by atoms with van der Waals surface area (Å²) < 4.78 is 14.6. The Bertz CT molecular complexity index is 1100. The van der Waals surface area contributed by atoms with Crippen LogP contribution in [0, 0.1) is 0 Å². The molecular formula is C27H34N4O2. The number of ether oxygens (including phenoxy) is 2. The predicted octanol–water partition coefficient (Wildman–Crippen LogP) is 3.89. The molecule has 1 N–H and O–H groups in total. The monoisotopic (exact) mass is 446 g/mol. The third kappa shape index (κ3) is 4.21. The highest BCUT2D eigenvalue weighted by Gasteiger charge is 2.54. The van der Waals surface area contributed by atoms with Crippen molar-refractivity contribution in [1.29, 1.82) is 0 Å². The van der Waals surface area contributed by atoms with E-state index in [9.17, 15) is 0 Å². The molecule has 2 aromatic heterocycles. The minimum atomic E-state index is 0.135. The number of pyridine rings is 1. The largest absolute Gasteiger partial charge is 0.373 e. The molecule has 0 radical (unpaired) electrons. The van der Waals surface area contributed by atoms with Crippen molar-refractivity contribution >= 4 is 10.9 Å². The van der Waals surface area contributed by atoms with Crippen LogP contribution in [0.2, 0.25) is 0 Å². The van der Waals surface area contributed by atoms with Gasteiger partial charge in [0.15, 0.2) is 0 Å². The normalized spacial score (nSPS) is 26.1. The molecule has 3 fully saturated rings. The molecular weight excluding hydrogens is 412 g/mol. The fourth-order valence-corrected chi connectivity index (χ4v) is 5.37. The molecule has 4 atom stereocenters. The fraction of sp³-hybridized carbons (Fsp3) is 0.519. The van der Waals surface area contributed by atoms with Crippen LogP contribution in [0.15, 0.2) is 48.7 Å². The number of aromatic nitrogens is 2. The van der Waals surface area contributed by atoms with Crippen LogP contribution in [0.5, 0.6) is 0 Å². The second kappa shape index (κ2) is 8.84. The second-order valence-electron chi connectivity index (χ2n) is 9.67. The molecule has 2 aliphatic heterocycles. The first-order valence-corrected chi connectivity index (χ1v) is 12.5. The predicted molar refractivity (Wildman–Crippen MR) is 129 cm³/mol. The van der Waals surface area contributed by atoms with E-state index in [1.54, 1.807) is 0 Å². The maximum Gasteiger partial charge on any atom is 0.141 e. The first kappa shape index (κ1) is 21.3. The highest BCUT2D eigenvalue weighted by atomic mass is 16.6. The lowest BCUT2D eigenvalue weighted by atomic mass is 10.1. The Balaban J connectivity index is 1.30. The van der Waals surface area contributed by atoms with Gasteiger partial charge in [-0.05, 0) is 43.9 Å². The van der Waals surface area contributed by atoms with Crippen LogP contribution in [0.4, 0.5) is 0 Å². The molecule has 2 saturated heterocycles. The zero-order valence-corrected chi connectivity index (χ0v) is 19.6. The zero-order chi connectivity index (χ0) is 22.4. The van der Waals surface area contributed by atoms with E-state index in [0.717, 1.165) is 38.4 Å². The number of nitrogens with zero attached hydrogens (tertiary/aromatic N) is 3. The number of nitrogens with one attached hydrogen (secondary N) is 1. The summed E-state index contributed by atoms with van der Waals surface area (Å²) >= 11 is 0. The molecule has 2 unspecified atom stereocenters. The first-order chi connectivity index (χ1) is 16.2. The molecule has 6 heteroatoms. The lowest BCUT2D eigenvalue weighted by Crippen LogP contribution is -2.44. The third-order valence-corrected chi connectivity index (χ3v) is 7.36. The Morgan fingerprint density at radius 3 is 2.79 bits per heavy atom. The van der Waals surface area contributed by atoms with E-state index in [0.29, 0.717) is 6.04 Å². The van der Waals surface area contributed by atoms with Gasteiger partial charge in [0.2, 0.25) is 0 Å². The first-order valence-electron chi connectivity index (χ1n) is 12.5. The number of morpholine rings is 1. The molecule has 3 aliphatic rings. The number of epoxide rings is 1. The van der Waals surface area contributed by atoms with Gasteiger partial charge in [0.25, 0.3) is 0 Å². The average molecular weight is 447 g/mol. The number of rotatable bonds is 8. The van der Waals surface area contributed by atoms with Gasteiger partial charge in [-0.3, -0.25) is 9.88 Å². The standard InChI is InChI=1S/C27H34N4O2/c1-3-22-21-11-13-30(17-19-7-5-4-6-8-19)24(21)15-23(29-22)18(2)31(20-9-10-20)27-26(33-27)25-16-28-12-14-32-25/h4-8,11,13,15,18,20,25-28H,3,9-10,12,14,16-17H2,1-2H3/t18-,25-,26?,27?/m1/s1. The summed E-state index contributed by atoms with van der Waals surface area (Å²) in [5.41, 5.74) is 4.92. The van der Waals surface area contributed by atoms with Crippen molar-refractivity contribution < 1.29 is 9.47 Å². The van der Waals surface area contributed by atoms with Crippen molar-refractivity contribution in [2.45, 2.75) is 70.2 Å². The van der Waals surface area contributed by atoms with Crippen molar-refractivity contribution in [2.24, 2.45) is 0 Å². The summed E-state index contributed by atoms with van der Waals surface area (Å²) in [6.45, 7) is 7.96. The number of hydrogen-bond acceptors (Lipinski definition) is 5. The van der Waals surface area contributed by atoms with Gasteiger partial charge >= 0.3 is 0 Å². The topological polar surface area (TPSA) is 54.9 Å². The van der Waals surface area contributed by atoms with Gasteiger partial charge in [-0.2, -0.15) is 0 Å². The summed E-state index contributed by atoms with van der Waals surface area (Å²) in [5, 5.41) is 4.71. The third-order valence-electron chi connectivity index (χ3n) is 7.36. The molecule has 1 saturated carbocycles. The minimum absolute atomic E-state index is 0.135. The van der Waals surface area contributed by atoms with Crippen LogP contribution in [0.3, 0.4) is 0 Å². The Morgan fingerprint density at radius 2 is 2.06 bits per heavy atom. The molecule has 6 nitrogen and oxygen atoms in total. The average Bonchev–Trinajstić information content (AvgIpc) is 3.80. The van der Waals surface area contributed by atoms with E-state index in [1.807, 2.05) is 0 Å². The molecule has 6 rings (SSSR count). The minimum Gasteiger partial charge on any atom is -0.373 e. The summed E-state index contributed by atoms with van der Waals surface area (Å²) in [6, 6.07) is 16.0. The van der Waals surface area contributed by atoms with Crippen LogP contribution in [0.1, 0.15) is 49.7 Å². The molecule has 33 heavy (non-hydrogen) atoms. The van der Waals surface area contributed by atoms with E-state index < -0.39 is 0 Å². The van der Waals surface area contributed by atoms with Crippen molar-refractivity contribution in [3.8, 4) is 0 Å². The SMILES string of the molecule is CCc1nc([C@@H](C)N(C2CC2)C2OC2[C@H]2CNCCO2)cc2c1ccn2Cc1ccccc1. The molecule has 3 aromatic rings. The van der Waals surface area contributed by atoms with Gasteiger partial charge in [0.05, 0.1) is 23.9 Å². The van der Waals surface area contributed by atoms with Gasteiger partial charge in [-0.1, -0.05) is 37.3 Å². The van der Waals surface area contributed by atoms with E-state index in [2.05, 4.69) is 77.3 Å². The molecule has 174 valence electrons. The van der Waals surface area contributed by atoms with E-state index >= 15 is 0 Å². The van der Waals surface area contributed by atoms with Gasteiger partial charge in [-0.25, -0.2) is 0 Å². The van der Waals surface area contributed by atoms with Crippen molar-refractivity contribution in [3.05, 3.63) is 65.6 Å². The molecule has 4 heterocycles. The van der Waals surface area contributed by atoms with Crippen molar-refractivity contribution in [1.82, 2.24) is 19.8 Å². The van der Waals surface area contributed by atoms with E-state index in [-0.39, 0.29) is 24.5 Å². The summed E-state index contributed by atoms with van der Waals surface area (Å²) in [4.78, 5) is 7.73. The van der Waals surface area contributed by atoms with Crippen molar-refractivity contribution in [2.75, 3.05) is 19.7 Å². The number of benzene rings is 1. The lowest BCUT2D eigenvalue weighted by molar-refractivity contribution is 0.0110. The number of aryl methyl sites for hydroxylation is 1. The van der Waals surface area contributed by atoms with Crippen LogP contribution in [-0.2, 0) is 22.4 Å². The zero-order valence-electron chi connectivity index (χ0n) is 19.6. The molecule has 0 spiro atoms. The van der Waals surface area contributed by atoms with Crippen LogP contribution in [0.25, 0.3) is 10.9 Å². The van der Waals surface area contributed by atoms with E-state index in [1.165, 1.54) is 35.0 Å². The van der Waals surface area contributed by atoms with Crippen LogP contribution in [-0.4, -0.2) is 58.6 Å². The second-order valence-corrected chi connectivity index (χ2v) is 9.67. The fourth-order valence-electron chi connectivity index (χ4n) is 5.37. The lowest BCUT2D eigenvalue weighted by Gasteiger charge is -2.29. The Labute approximate surface area is 195 Å². The van der Waals surface area contributed by atoms with Crippen LogP contribution < -0.4 is 5.32 Å². The molecule has 0 amide bonds. The maximum atomic E-state index is 6.22. The van der Waals surface area contributed by atoms with Gasteiger partial charge in [0.1, 0.15) is 18.4 Å². The van der Waals surface area contributed by atoms with Gasteiger partial charge in [0, 0.05) is 43.0 Å². The Hall–Kier alpha value is -2.25. The van der Waals surface area contributed by atoms with Crippen molar-refractivity contribution in [3.63, 3.8) is 0 Å². The quantitative estimate of drug-likeness (QED) is 0.532. The molecule has 0 bridgehead atoms. The molecule has 1 aliphatic carbocycles. The Morgan fingerprint density at radius 1 is 1.21 bits per heavy atom. The highest BCUT2D eigenvalue weighted by Crippen LogP contribution is 2.44. The summed E-state index contributed by atoms with van der Waals surface area (Å²) in [6.07, 6.45) is 6.08. The smallest absolute Gasteiger partial charge is 0.141 e. The number of fused-ring (bicyclic) bond motifs is 1. The Kier molecular flexibility index (Phi) is 5.70. The highest BCUT2D eigenvalue weighted by molar-refractivity contribution is 5.83. The summed E-state index contributed by atoms with van der Waals surface area (Å²) in [7, 11) is 0. The van der Waals surface area contributed by atoms with Crippen LogP contribution >= 0.6 is 0 Å².